The van der Waals surface area contributed by atoms with Crippen LogP contribution in [-0.2, 0) is 19.3 Å². The van der Waals surface area contributed by atoms with Crippen LogP contribution < -0.4 is 0 Å². The van der Waals surface area contributed by atoms with Gasteiger partial charge >= 0.3 is 0 Å². The Morgan fingerprint density at radius 3 is 1.79 bits per heavy atom. The number of aromatic amines is 2. The summed E-state index contributed by atoms with van der Waals surface area (Å²) in [5, 5.41) is 0. The van der Waals surface area contributed by atoms with Gasteiger partial charge in [0.25, 0.3) is 0 Å². The normalized spacial score (nSPS) is 12.7. The fraction of sp³-hybridized carbons (Fsp3) is 0.368. The van der Waals surface area contributed by atoms with E-state index in [9.17, 15) is 0 Å². The van der Waals surface area contributed by atoms with Crippen molar-refractivity contribution >= 4 is 33.2 Å². The van der Waals surface area contributed by atoms with Gasteiger partial charge in [-0.3, -0.25) is 0 Å². The second-order valence-electron chi connectivity index (χ2n) is 11.9. The molecule has 0 saturated heterocycles. The molecule has 4 nitrogen and oxygen atoms in total. The Morgan fingerprint density at radius 1 is 0.571 bits per heavy atom. The second kappa shape index (κ2) is 11.8. The van der Waals surface area contributed by atoms with E-state index >= 15 is 0 Å². The maximum absolute atomic E-state index is 5.27. The van der Waals surface area contributed by atoms with Crippen LogP contribution >= 0.6 is 0 Å². The van der Waals surface area contributed by atoms with Gasteiger partial charge in [0.15, 0.2) is 0 Å². The SMILES string of the molecule is CCCCC1=C(C)c2cc3[nH]c(cc4[nH]c(cc5nc(cc1n2)-c1ccccc1-5)c(CCCC)c4C)c(CC)c3CC. The van der Waals surface area contributed by atoms with Crippen LogP contribution in [0.15, 0.2) is 48.5 Å². The number of nitrogens with zero attached hydrogens (tertiary/aromatic N) is 2. The first-order valence-electron chi connectivity index (χ1n) is 16.0. The van der Waals surface area contributed by atoms with Crippen LogP contribution in [0.25, 0.3) is 55.7 Å². The van der Waals surface area contributed by atoms with E-state index in [2.05, 4.69) is 100 Å². The molecule has 8 bridgehead atoms. The highest BCUT2D eigenvalue weighted by molar-refractivity contribution is 5.94. The Balaban J connectivity index is 1.77. The van der Waals surface area contributed by atoms with E-state index < -0.39 is 0 Å². The zero-order valence-corrected chi connectivity index (χ0v) is 26.2. The molecule has 216 valence electrons. The summed E-state index contributed by atoms with van der Waals surface area (Å²) in [5.74, 6) is 0. The van der Waals surface area contributed by atoms with Gasteiger partial charge in [-0.15, -0.1) is 0 Å². The van der Waals surface area contributed by atoms with E-state index in [1.54, 1.807) is 0 Å². The Bertz CT molecular complexity index is 1850. The van der Waals surface area contributed by atoms with E-state index in [-0.39, 0.29) is 0 Å². The Kier molecular flexibility index (Phi) is 7.90. The molecule has 0 saturated carbocycles. The molecule has 5 heterocycles. The molecular weight excluding hydrogens is 512 g/mol. The molecule has 2 aliphatic rings. The first-order valence-corrected chi connectivity index (χ1v) is 16.0. The number of hydrogen-bond acceptors (Lipinski definition) is 2. The van der Waals surface area contributed by atoms with Gasteiger partial charge in [0, 0.05) is 33.2 Å². The lowest BCUT2D eigenvalue weighted by atomic mass is 9.99. The number of fused-ring (bicyclic) bond motifs is 11. The fourth-order valence-corrected chi connectivity index (χ4v) is 6.80. The molecule has 6 rings (SSSR count). The third-order valence-electron chi connectivity index (χ3n) is 9.23. The third kappa shape index (κ3) is 4.91. The highest BCUT2D eigenvalue weighted by atomic mass is 14.8. The van der Waals surface area contributed by atoms with Crippen LogP contribution in [0.5, 0.6) is 0 Å². The van der Waals surface area contributed by atoms with E-state index in [0.717, 1.165) is 61.3 Å². The van der Waals surface area contributed by atoms with Crippen molar-refractivity contribution in [2.45, 2.75) is 92.9 Å². The van der Waals surface area contributed by atoms with Gasteiger partial charge in [-0.25, -0.2) is 9.97 Å². The van der Waals surface area contributed by atoms with Crippen molar-refractivity contribution in [2.24, 2.45) is 0 Å². The summed E-state index contributed by atoms with van der Waals surface area (Å²) in [6.45, 7) is 13.6. The van der Waals surface area contributed by atoms with Crippen LogP contribution in [0, 0.1) is 6.92 Å². The van der Waals surface area contributed by atoms with Gasteiger partial charge in [-0.1, -0.05) is 64.8 Å². The summed E-state index contributed by atoms with van der Waals surface area (Å²) in [5.41, 5.74) is 19.4. The van der Waals surface area contributed by atoms with Gasteiger partial charge in [-0.05, 0) is 110 Å². The number of rotatable bonds is 8. The smallest absolute Gasteiger partial charge is 0.0737 e. The second-order valence-corrected chi connectivity index (χ2v) is 11.9. The first kappa shape index (κ1) is 28.2. The van der Waals surface area contributed by atoms with E-state index in [1.165, 1.54) is 79.4 Å². The number of aryl methyl sites for hydroxylation is 4. The van der Waals surface area contributed by atoms with Crippen molar-refractivity contribution in [1.29, 1.82) is 0 Å². The molecule has 0 atom stereocenters. The number of nitrogens with one attached hydrogen (secondary N) is 2. The van der Waals surface area contributed by atoms with Gasteiger partial charge < -0.3 is 9.97 Å². The van der Waals surface area contributed by atoms with E-state index in [4.69, 9.17) is 9.97 Å². The summed E-state index contributed by atoms with van der Waals surface area (Å²) in [6, 6.07) is 17.8. The largest absolute Gasteiger partial charge is 0.355 e. The zero-order valence-electron chi connectivity index (χ0n) is 26.2. The Labute approximate surface area is 250 Å². The van der Waals surface area contributed by atoms with Crippen molar-refractivity contribution in [1.82, 2.24) is 19.9 Å². The molecule has 0 amide bonds. The molecule has 1 aromatic carbocycles. The molecule has 0 radical (unpaired) electrons. The highest BCUT2D eigenvalue weighted by Gasteiger charge is 2.21. The summed E-state index contributed by atoms with van der Waals surface area (Å²) in [6.07, 6.45) is 8.70. The topological polar surface area (TPSA) is 57.4 Å². The summed E-state index contributed by atoms with van der Waals surface area (Å²) in [7, 11) is 0. The molecule has 4 aromatic rings. The molecule has 2 aliphatic heterocycles. The maximum Gasteiger partial charge on any atom is 0.0737 e. The number of benzene rings is 1. The van der Waals surface area contributed by atoms with Crippen molar-refractivity contribution in [3.63, 3.8) is 0 Å². The van der Waals surface area contributed by atoms with Gasteiger partial charge in [0.1, 0.15) is 0 Å². The molecule has 0 unspecified atom stereocenters. The van der Waals surface area contributed by atoms with Gasteiger partial charge in [0.2, 0.25) is 0 Å². The van der Waals surface area contributed by atoms with Crippen molar-refractivity contribution in [3.05, 3.63) is 82.2 Å². The van der Waals surface area contributed by atoms with Gasteiger partial charge in [-0.2, -0.15) is 0 Å². The highest BCUT2D eigenvalue weighted by Crippen LogP contribution is 2.39. The van der Waals surface area contributed by atoms with Crippen molar-refractivity contribution in [3.8, 4) is 22.5 Å². The zero-order chi connectivity index (χ0) is 29.4. The Hall–Kier alpha value is -3.92. The standard InChI is InChI=1S/C38H44N4/c1-7-11-15-27-23(5)31-19-33-25(9-3)26(10-4)34(41-33)20-32-24(6)28(16-12-8-2)36(40-32)22-38-30-18-14-13-17-29(30)37(42-38)21-35(27)39-31/h13-14,17-22,39,41H,7-12,15-16H2,1-6H3. The molecule has 0 spiro atoms. The van der Waals surface area contributed by atoms with Crippen LogP contribution in [0.3, 0.4) is 0 Å². The van der Waals surface area contributed by atoms with Crippen molar-refractivity contribution < 1.29 is 0 Å². The number of allylic oxidation sites excluding steroid dienone is 2. The lowest BCUT2D eigenvalue weighted by molar-refractivity contribution is 0.797. The molecular formula is C38H44N4. The van der Waals surface area contributed by atoms with Crippen LogP contribution in [0.1, 0.15) is 100 Å². The fourth-order valence-electron chi connectivity index (χ4n) is 6.80. The maximum atomic E-state index is 5.27. The number of aromatic nitrogens is 4. The molecule has 0 fully saturated rings. The summed E-state index contributed by atoms with van der Waals surface area (Å²) in [4.78, 5) is 18.2. The minimum absolute atomic E-state index is 0.983. The van der Waals surface area contributed by atoms with Crippen LogP contribution in [-0.4, -0.2) is 19.9 Å². The third-order valence-corrected chi connectivity index (χ3v) is 9.23. The van der Waals surface area contributed by atoms with Crippen LogP contribution in [0.4, 0.5) is 0 Å². The Morgan fingerprint density at radius 2 is 1.12 bits per heavy atom. The lowest BCUT2D eigenvalue weighted by Gasteiger charge is -2.04. The average molecular weight is 557 g/mol. The molecule has 42 heavy (non-hydrogen) atoms. The molecule has 4 heteroatoms. The number of hydrogen-bond donors (Lipinski definition) is 2. The van der Waals surface area contributed by atoms with E-state index in [1.807, 2.05) is 0 Å². The minimum Gasteiger partial charge on any atom is -0.355 e. The van der Waals surface area contributed by atoms with E-state index in [0.29, 0.717) is 0 Å². The summed E-state index contributed by atoms with van der Waals surface area (Å²) < 4.78 is 0. The number of H-pyrrole nitrogens is 2. The first-order chi connectivity index (χ1) is 20.5. The summed E-state index contributed by atoms with van der Waals surface area (Å²) >= 11 is 0. The predicted octanol–water partition coefficient (Wildman–Crippen LogP) is 10.5. The average Bonchev–Trinajstić information content (AvgIpc) is 3.69. The van der Waals surface area contributed by atoms with Crippen LogP contribution in [0.2, 0.25) is 0 Å². The predicted molar refractivity (Wildman–Crippen MR) is 180 cm³/mol. The minimum atomic E-state index is 0.983. The lowest BCUT2D eigenvalue weighted by Crippen LogP contribution is -1.86. The molecule has 2 N–H and O–H groups in total. The quantitative estimate of drug-likeness (QED) is 0.200. The monoisotopic (exact) mass is 556 g/mol. The van der Waals surface area contributed by atoms with Gasteiger partial charge in [0.05, 0.1) is 22.8 Å². The van der Waals surface area contributed by atoms with Crippen molar-refractivity contribution in [2.75, 3.05) is 0 Å². The molecule has 3 aromatic heterocycles. The molecule has 0 aliphatic carbocycles. The number of unbranched alkanes of at least 4 members (excludes halogenated alkanes) is 2.